The number of piperidine rings is 1. The van der Waals surface area contributed by atoms with Crippen molar-refractivity contribution < 1.29 is 33.7 Å². The van der Waals surface area contributed by atoms with Gasteiger partial charge in [-0.15, -0.1) is 0 Å². The number of hydrogen-bond acceptors (Lipinski definition) is 12. The molecule has 2 atom stereocenters. The standard InChI is InChI=1S/C38H37BrFN9O8/c1-56-33-30-23(32(51)24(37(54)55)14-48(30)21-5-6-21)12-25(40)31(33)46-13-19-3-2-8-45(27(19)15-46)17-49-26-7-4-20(39)11-22(26)28(36(49)53)42-38-43-34-29(35(52)44-38)41-16-47(34)18-57-10-9-50/h4,7,11-12,14,16,19,21,27,50H,2-3,5-6,8-10,13,15,17-18H2,1H3,(H,54,55)(H,43,44,52)/b42-28-/t19-,27+/m0/s1. The molecule has 2 aromatic carbocycles. The number of methoxy groups -OCH3 is 1. The Bertz CT molecular complexity index is 2640. The van der Waals surface area contributed by atoms with Crippen LogP contribution in [0.25, 0.3) is 22.1 Å². The van der Waals surface area contributed by atoms with Gasteiger partial charge < -0.3 is 29.2 Å². The summed E-state index contributed by atoms with van der Waals surface area (Å²) < 4.78 is 31.5. The highest BCUT2D eigenvalue weighted by atomic mass is 79.9. The Balaban J connectivity index is 1.03. The van der Waals surface area contributed by atoms with Gasteiger partial charge >= 0.3 is 5.97 Å². The van der Waals surface area contributed by atoms with Gasteiger partial charge in [-0.1, -0.05) is 15.9 Å². The van der Waals surface area contributed by atoms with E-state index in [4.69, 9.17) is 14.6 Å². The Morgan fingerprint density at radius 2 is 1.98 bits per heavy atom. The van der Waals surface area contributed by atoms with E-state index in [1.165, 1.54) is 24.2 Å². The summed E-state index contributed by atoms with van der Waals surface area (Å²) >= 11 is 3.52. The summed E-state index contributed by atoms with van der Waals surface area (Å²) in [6.07, 6.45) is 6.08. The van der Waals surface area contributed by atoms with Crippen LogP contribution in [0, 0.1) is 11.7 Å². The number of aromatic carboxylic acids is 1. The largest absolute Gasteiger partial charge is 0.492 e. The molecule has 1 saturated carbocycles. The topological polar surface area (TPSA) is 201 Å². The van der Waals surface area contributed by atoms with Crippen molar-refractivity contribution in [1.82, 2.24) is 29.0 Å². The lowest BCUT2D eigenvalue weighted by Crippen LogP contribution is -2.51. The van der Waals surface area contributed by atoms with E-state index < -0.39 is 28.3 Å². The fourth-order valence-electron chi connectivity index (χ4n) is 8.50. The van der Waals surface area contributed by atoms with Crippen LogP contribution < -0.4 is 25.5 Å². The van der Waals surface area contributed by atoms with Crippen LogP contribution in [0.3, 0.4) is 0 Å². The number of nitrogens with zero attached hydrogens (tertiary/aromatic N) is 8. The number of carboxylic acids is 1. The number of fused-ring (bicyclic) bond motifs is 4. The third kappa shape index (κ3) is 6.38. The molecular weight excluding hydrogens is 809 g/mol. The number of H-pyrrole nitrogens is 1. The van der Waals surface area contributed by atoms with Crippen LogP contribution in [0.5, 0.6) is 5.75 Å². The van der Waals surface area contributed by atoms with Gasteiger partial charge in [0.2, 0.25) is 11.4 Å². The fraction of sp³-hybridized carbons (Fsp3) is 0.395. The first kappa shape index (κ1) is 37.1. The number of benzene rings is 2. The third-order valence-corrected chi connectivity index (χ3v) is 11.7. The van der Waals surface area contributed by atoms with Crippen molar-refractivity contribution >= 4 is 72.9 Å². The summed E-state index contributed by atoms with van der Waals surface area (Å²) in [4.78, 5) is 74.2. The lowest BCUT2D eigenvalue weighted by molar-refractivity contribution is -0.112. The molecule has 2 saturated heterocycles. The Kier molecular flexibility index (Phi) is 9.41. The number of ether oxygens (including phenoxy) is 2. The maximum atomic E-state index is 16.3. The number of carbonyl (C=O) groups excluding carboxylic acids is 1. The lowest BCUT2D eigenvalue weighted by atomic mass is 9.92. The highest BCUT2D eigenvalue weighted by molar-refractivity contribution is 9.10. The van der Waals surface area contributed by atoms with Crippen molar-refractivity contribution in [2.45, 2.75) is 44.5 Å². The maximum Gasteiger partial charge on any atom is 0.341 e. The number of pyridine rings is 1. The molecule has 17 nitrogen and oxygen atoms in total. The Morgan fingerprint density at radius 3 is 2.74 bits per heavy atom. The van der Waals surface area contributed by atoms with Gasteiger partial charge in [0.1, 0.15) is 23.7 Å². The Morgan fingerprint density at radius 1 is 1.16 bits per heavy atom. The zero-order valence-electron chi connectivity index (χ0n) is 30.7. The third-order valence-electron chi connectivity index (χ3n) is 11.2. The van der Waals surface area contributed by atoms with Gasteiger partial charge in [0.25, 0.3) is 11.5 Å². The van der Waals surface area contributed by atoms with Crippen LogP contribution in [0.15, 0.2) is 55.8 Å². The van der Waals surface area contributed by atoms with E-state index in [1.54, 1.807) is 15.5 Å². The van der Waals surface area contributed by atoms with E-state index >= 15 is 4.39 Å². The van der Waals surface area contributed by atoms with Gasteiger partial charge in [0, 0.05) is 48.0 Å². The first-order chi connectivity index (χ1) is 27.6. The normalized spacial score (nSPS) is 20.3. The number of aromatic amines is 1. The first-order valence-electron chi connectivity index (χ1n) is 18.6. The van der Waals surface area contributed by atoms with E-state index in [9.17, 15) is 24.3 Å². The average Bonchev–Trinajstić information content (AvgIpc) is 3.73. The summed E-state index contributed by atoms with van der Waals surface area (Å²) in [6.45, 7) is 1.73. The smallest absolute Gasteiger partial charge is 0.341 e. The molecule has 1 amide bonds. The van der Waals surface area contributed by atoms with E-state index in [-0.39, 0.29) is 90.2 Å². The van der Waals surface area contributed by atoms with E-state index in [0.717, 1.165) is 36.2 Å². The van der Waals surface area contributed by atoms with Crippen molar-refractivity contribution in [2.24, 2.45) is 10.9 Å². The van der Waals surface area contributed by atoms with Gasteiger partial charge in [0.05, 0.1) is 49.9 Å². The number of amides is 1. The second-order valence-corrected chi connectivity index (χ2v) is 15.6. The lowest BCUT2D eigenvalue weighted by Gasteiger charge is -2.39. The van der Waals surface area contributed by atoms with Crippen LogP contribution >= 0.6 is 15.9 Å². The first-order valence-corrected chi connectivity index (χ1v) is 19.4. The molecule has 0 bridgehead atoms. The predicted octanol–water partition coefficient (Wildman–Crippen LogP) is 3.37. The van der Waals surface area contributed by atoms with Gasteiger partial charge in [0.15, 0.2) is 22.7 Å². The van der Waals surface area contributed by atoms with Crippen LogP contribution in [0.2, 0.25) is 0 Å². The SMILES string of the molecule is COc1c(N2C[C@@H]3CCCN(CN4C(=O)/C(=N\c5nc6c(ncn6COCCO)c(=O)[nH]5)c5cc(Br)ccc54)[C@@H]3C2)c(F)cc2c(=O)c(C(=O)O)cn(C3CC3)c12. The summed E-state index contributed by atoms with van der Waals surface area (Å²) in [7, 11) is 1.43. The van der Waals surface area contributed by atoms with E-state index in [0.29, 0.717) is 36.4 Å². The molecule has 3 aromatic heterocycles. The second kappa shape index (κ2) is 14.5. The molecule has 57 heavy (non-hydrogen) atoms. The molecule has 3 aliphatic heterocycles. The number of anilines is 2. The number of aliphatic hydroxyl groups excluding tert-OH is 1. The highest BCUT2D eigenvalue weighted by Gasteiger charge is 2.44. The van der Waals surface area contributed by atoms with Crippen LogP contribution in [0.4, 0.5) is 21.7 Å². The number of halogens is 2. The molecule has 6 heterocycles. The van der Waals surface area contributed by atoms with Crippen LogP contribution in [0.1, 0.15) is 47.6 Å². The molecule has 4 aliphatic rings. The van der Waals surface area contributed by atoms with Gasteiger partial charge in [-0.3, -0.25) is 33.7 Å². The zero-order chi connectivity index (χ0) is 39.7. The minimum absolute atomic E-state index is 0.00308. The van der Waals surface area contributed by atoms with Crippen molar-refractivity contribution in [3.8, 4) is 5.75 Å². The molecule has 0 radical (unpaired) electrons. The average molecular weight is 847 g/mol. The van der Waals surface area contributed by atoms with E-state index in [1.807, 2.05) is 17.0 Å². The Labute approximate surface area is 331 Å². The maximum absolute atomic E-state index is 16.3. The molecule has 3 N–H and O–H groups in total. The second-order valence-electron chi connectivity index (χ2n) is 14.7. The van der Waals surface area contributed by atoms with Crippen LogP contribution in [-0.2, 0) is 16.3 Å². The summed E-state index contributed by atoms with van der Waals surface area (Å²) in [6, 6.07) is 6.51. The fourth-order valence-corrected chi connectivity index (χ4v) is 8.86. The molecule has 1 aliphatic carbocycles. The summed E-state index contributed by atoms with van der Waals surface area (Å²) in [5, 5.41) is 18.8. The quantitative estimate of drug-likeness (QED) is 0.164. The van der Waals surface area contributed by atoms with Crippen molar-refractivity contribution in [1.29, 1.82) is 0 Å². The summed E-state index contributed by atoms with van der Waals surface area (Å²) in [5.41, 5.74) is 0.439. The number of rotatable bonds is 11. The van der Waals surface area contributed by atoms with Crippen molar-refractivity contribution in [3.05, 3.63) is 78.8 Å². The highest BCUT2D eigenvalue weighted by Crippen LogP contribution is 2.46. The number of carbonyl (C=O) groups is 2. The van der Waals surface area contributed by atoms with E-state index in [2.05, 4.69) is 40.8 Å². The minimum atomic E-state index is -1.37. The number of likely N-dealkylation sites (tertiary alicyclic amines) is 1. The zero-order valence-corrected chi connectivity index (χ0v) is 32.2. The van der Waals surface area contributed by atoms with Crippen molar-refractivity contribution in [2.75, 3.05) is 56.4 Å². The van der Waals surface area contributed by atoms with Crippen molar-refractivity contribution in [3.63, 3.8) is 0 Å². The predicted molar refractivity (Wildman–Crippen MR) is 209 cm³/mol. The number of hydrogen-bond donors (Lipinski definition) is 3. The molecule has 0 spiro atoms. The molecule has 19 heteroatoms. The monoisotopic (exact) mass is 845 g/mol. The number of aliphatic imine (C=N–C) groups is 1. The molecule has 296 valence electrons. The Hall–Kier alpha value is -5.50. The molecule has 5 aromatic rings. The summed E-state index contributed by atoms with van der Waals surface area (Å²) in [5.74, 6) is -2.20. The number of carboxylic acid groups (broad SMARTS) is 1. The number of aromatic nitrogens is 5. The molecule has 3 fully saturated rings. The number of imidazole rings is 1. The molecule has 9 rings (SSSR count). The van der Waals surface area contributed by atoms with Gasteiger partial charge in [-0.05, 0) is 55.9 Å². The van der Waals surface area contributed by atoms with Gasteiger partial charge in [-0.2, -0.15) is 4.98 Å². The minimum Gasteiger partial charge on any atom is -0.492 e. The molecular formula is C38H37BrFN9O8. The number of aliphatic hydroxyl groups is 1. The van der Waals surface area contributed by atoms with Gasteiger partial charge in [-0.25, -0.2) is 19.2 Å². The van der Waals surface area contributed by atoms with Crippen LogP contribution in [-0.4, -0.2) is 109 Å². The molecule has 0 unspecified atom stereocenters. The number of nitrogens with one attached hydrogen (secondary N) is 1.